The molecule has 4 heteroatoms. The van der Waals surface area contributed by atoms with E-state index in [0.29, 0.717) is 6.61 Å². The van der Waals surface area contributed by atoms with E-state index in [4.69, 9.17) is 14.0 Å². The summed E-state index contributed by atoms with van der Waals surface area (Å²) >= 11 is 0. The second-order valence-electron chi connectivity index (χ2n) is 7.43. The van der Waals surface area contributed by atoms with Gasteiger partial charge in [0, 0.05) is 0 Å². The maximum atomic E-state index is 6.08. The average molecular weight is 354 g/mol. The lowest BCUT2D eigenvalue weighted by atomic mass is 9.79. The first-order valence-corrected chi connectivity index (χ1v) is 9.41. The molecule has 1 fully saturated rings. The third-order valence-corrected chi connectivity index (χ3v) is 4.93. The van der Waals surface area contributed by atoms with Crippen molar-refractivity contribution in [3.05, 3.63) is 59.7 Å². The third kappa shape index (κ3) is 4.69. The molecule has 2 aromatic rings. The average Bonchev–Trinajstić information content (AvgIpc) is 2.84. The van der Waals surface area contributed by atoms with Gasteiger partial charge in [-0.05, 0) is 57.8 Å². The van der Waals surface area contributed by atoms with E-state index in [1.165, 1.54) is 5.56 Å². The van der Waals surface area contributed by atoms with Gasteiger partial charge >= 0.3 is 7.12 Å². The van der Waals surface area contributed by atoms with Crippen molar-refractivity contribution in [1.29, 1.82) is 0 Å². The Balaban J connectivity index is 0.00000117. The normalized spacial score (nSPS) is 17.4. The van der Waals surface area contributed by atoms with Crippen molar-refractivity contribution in [2.45, 2.75) is 66.3 Å². The molecule has 26 heavy (non-hydrogen) atoms. The van der Waals surface area contributed by atoms with Gasteiger partial charge in [0.2, 0.25) is 0 Å². The smallest absolute Gasteiger partial charge is 0.489 e. The molecule has 0 amide bonds. The quantitative estimate of drug-likeness (QED) is 0.731. The molecule has 1 saturated heterocycles. The Kier molecular flexibility index (Phi) is 6.54. The first kappa shape index (κ1) is 20.5. The zero-order valence-electron chi connectivity index (χ0n) is 17.1. The highest BCUT2D eigenvalue weighted by Crippen LogP contribution is 2.36. The van der Waals surface area contributed by atoms with Crippen molar-refractivity contribution in [2.75, 3.05) is 0 Å². The number of aryl methyl sites for hydroxylation is 1. The molecular weight excluding hydrogens is 323 g/mol. The van der Waals surface area contributed by atoms with Crippen LogP contribution in [0.2, 0.25) is 0 Å². The molecule has 0 bridgehead atoms. The summed E-state index contributed by atoms with van der Waals surface area (Å²) in [4.78, 5) is 0. The Bertz CT molecular complexity index is 674. The fraction of sp³-hybridized carbons (Fsp3) is 0.455. The zero-order chi connectivity index (χ0) is 19.4. The van der Waals surface area contributed by atoms with Crippen molar-refractivity contribution < 1.29 is 14.0 Å². The molecule has 0 atom stereocenters. The van der Waals surface area contributed by atoms with E-state index in [1.54, 1.807) is 0 Å². The summed E-state index contributed by atoms with van der Waals surface area (Å²) in [6, 6.07) is 16.3. The summed E-state index contributed by atoms with van der Waals surface area (Å²) in [6.07, 6.45) is 0. The van der Waals surface area contributed by atoms with E-state index in [1.807, 2.05) is 26.0 Å². The lowest BCUT2D eigenvalue weighted by Gasteiger charge is -2.32. The Morgan fingerprint density at radius 1 is 0.808 bits per heavy atom. The highest BCUT2D eigenvalue weighted by atomic mass is 16.7. The summed E-state index contributed by atoms with van der Waals surface area (Å²) in [6.45, 7) is 14.9. The van der Waals surface area contributed by atoms with Gasteiger partial charge in [-0.15, -0.1) is 0 Å². The summed E-state index contributed by atoms with van der Waals surface area (Å²) in [5, 5.41) is 0. The number of hydrogen-bond acceptors (Lipinski definition) is 3. The van der Waals surface area contributed by atoms with Gasteiger partial charge < -0.3 is 14.0 Å². The lowest BCUT2D eigenvalue weighted by Crippen LogP contribution is -2.41. The van der Waals surface area contributed by atoms with Crippen molar-refractivity contribution in [1.82, 2.24) is 0 Å². The summed E-state index contributed by atoms with van der Waals surface area (Å²) < 4.78 is 18.0. The maximum Gasteiger partial charge on any atom is 0.494 e. The van der Waals surface area contributed by atoms with E-state index < -0.39 is 0 Å². The third-order valence-electron chi connectivity index (χ3n) is 4.93. The Labute approximate surface area is 158 Å². The topological polar surface area (TPSA) is 27.7 Å². The van der Waals surface area contributed by atoms with Gasteiger partial charge in [0.15, 0.2) is 0 Å². The zero-order valence-corrected chi connectivity index (χ0v) is 17.1. The summed E-state index contributed by atoms with van der Waals surface area (Å²) in [5.41, 5.74) is 2.76. The minimum atomic E-state index is -0.318. The molecule has 0 aliphatic carbocycles. The molecule has 0 radical (unpaired) electrons. The Morgan fingerprint density at radius 3 is 1.81 bits per heavy atom. The van der Waals surface area contributed by atoms with Crippen LogP contribution in [0.4, 0.5) is 0 Å². The van der Waals surface area contributed by atoms with Gasteiger partial charge in [-0.1, -0.05) is 55.8 Å². The number of benzene rings is 2. The second kappa shape index (κ2) is 8.28. The van der Waals surface area contributed by atoms with E-state index in [-0.39, 0.29) is 18.3 Å². The van der Waals surface area contributed by atoms with Crippen molar-refractivity contribution in [3.8, 4) is 5.75 Å². The highest BCUT2D eigenvalue weighted by Gasteiger charge is 2.51. The van der Waals surface area contributed by atoms with Gasteiger partial charge in [0.05, 0.1) is 11.2 Å². The number of hydrogen-bond donors (Lipinski definition) is 0. The van der Waals surface area contributed by atoms with Gasteiger partial charge in [-0.25, -0.2) is 0 Å². The van der Waals surface area contributed by atoms with Crippen LogP contribution in [0.5, 0.6) is 5.75 Å². The number of rotatable bonds is 4. The highest BCUT2D eigenvalue weighted by molar-refractivity contribution is 6.62. The monoisotopic (exact) mass is 354 g/mol. The fourth-order valence-corrected chi connectivity index (χ4v) is 2.55. The molecule has 2 aromatic carbocycles. The standard InChI is InChI=1S/C20H25BO3.C2H6/c1-15-6-12-18(13-7-15)22-14-16-8-10-17(11-9-16)21-23-19(2,3)20(4,5)24-21;1-2/h6-13H,14H2,1-5H3;1-2H3. The first-order chi connectivity index (χ1) is 12.3. The molecule has 0 unspecified atom stereocenters. The van der Waals surface area contributed by atoms with Crippen LogP contribution in [0.3, 0.4) is 0 Å². The van der Waals surface area contributed by atoms with Crippen LogP contribution in [0.1, 0.15) is 52.7 Å². The number of ether oxygens (including phenoxy) is 1. The molecule has 0 N–H and O–H groups in total. The summed E-state index contributed by atoms with van der Waals surface area (Å²) in [7, 11) is -0.318. The van der Waals surface area contributed by atoms with Crippen LogP contribution in [-0.2, 0) is 15.9 Å². The second-order valence-corrected chi connectivity index (χ2v) is 7.43. The maximum absolute atomic E-state index is 6.08. The van der Waals surface area contributed by atoms with Gasteiger partial charge in [-0.3, -0.25) is 0 Å². The molecule has 0 saturated carbocycles. The molecule has 1 aliphatic heterocycles. The molecule has 3 nitrogen and oxygen atoms in total. The van der Waals surface area contributed by atoms with Crippen LogP contribution < -0.4 is 10.2 Å². The van der Waals surface area contributed by atoms with Crippen LogP contribution >= 0.6 is 0 Å². The minimum Gasteiger partial charge on any atom is -0.489 e. The van der Waals surface area contributed by atoms with E-state index in [2.05, 4.69) is 71.0 Å². The van der Waals surface area contributed by atoms with Crippen LogP contribution in [0.15, 0.2) is 48.5 Å². The van der Waals surface area contributed by atoms with E-state index in [9.17, 15) is 0 Å². The molecule has 1 heterocycles. The molecular formula is C22H31BO3. The fourth-order valence-electron chi connectivity index (χ4n) is 2.55. The largest absolute Gasteiger partial charge is 0.494 e. The Hall–Kier alpha value is -1.78. The van der Waals surface area contributed by atoms with Gasteiger partial charge in [-0.2, -0.15) is 0 Å². The minimum absolute atomic E-state index is 0.315. The predicted molar refractivity (Wildman–Crippen MR) is 109 cm³/mol. The van der Waals surface area contributed by atoms with Gasteiger partial charge in [0.25, 0.3) is 0 Å². The van der Waals surface area contributed by atoms with Crippen molar-refractivity contribution >= 4 is 12.6 Å². The molecule has 1 aliphatic rings. The predicted octanol–water partition coefficient (Wildman–Crippen LogP) is 4.90. The Morgan fingerprint density at radius 2 is 1.31 bits per heavy atom. The van der Waals surface area contributed by atoms with Crippen molar-refractivity contribution in [3.63, 3.8) is 0 Å². The van der Waals surface area contributed by atoms with E-state index in [0.717, 1.165) is 16.8 Å². The first-order valence-electron chi connectivity index (χ1n) is 9.41. The molecule has 0 spiro atoms. The molecule has 0 aromatic heterocycles. The van der Waals surface area contributed by atoms with Crippen molar-refractivity contribution in [2.24, 2.45) is 0 Å². The molecule has 140 valence electrons. The SMILES string of the molecule is CC.Cc1ccc(OCc2ccc(B3OC(C)(C)C(C)(C)O3)cc2)cc1. The van der Waals surface area contributed by atoms with Gasteiger partial charge in [0.1, 0.15) is 12.4 Å². The van der Waals surface area contributed by atoms with Crippen LogP contribution in [-0.4, -0.2) is 18.3 Å². The lowest BCUT2D eigenvalue weighted by molar-refractivity contribution is 0.00578. The van der Waals surface area contributed by atoms with E-state index >= 15 is 0 Å². The van der Waals surface area contributed by atoms with Crippen LogP contribution in [0, 0.1) is 6.92 Å². The molecule has 3 rings (SSSR count). The van der Waals surface area contributed by atoms with Crippen LogP contribution in [0.25, 0.3) is 0 Å². The summed E-state index contributed by atoms with van der Waals surface area (Å²) in [5.74, 6) is 0.885.